The summed E-state index contributed by atoms with van der Waals surface area (Å²) in [5, 5.41) is 0. The Bertz CT molecular complexity index is 557. The van der Waals surface area contributed by atoms with Crippen LogP contribution in [0.3, 0.4) is 0 Å². The molecule has 0 radical (unpaired) electrons. The number of hydrogen-bond donors (Lipinski definition) is 1. The second-order valence-corrected chi connectivity index (χ2v) is 7.71. The highest BCUT2D eigenvalue weighted by Crippen LogP contribution is 2.20. The Labute approximate surface area is 121 Å². The highest BCUT2D eigenvalue weighted by molar-refractivity contribution is 7.89. The van der Waals surface area contributed by atoms with Crippen molar-refractivity contribution >= 4 is 10.0 Å². The zero-order chi connectivity index (χ0) is 14.8. The van der Waals surface area contributed by atoms with Crippen molar-refractivity contribution in [3.63, 3.8) is 0 Å². The smallest absolute Gasteiger partial charge is 0.242 e. The van der Waals surface area contributed by atoms with Crippen LogP contribution in [0.15, 0.2) is 29.2 Å². The molecule has 2 N–H and O–H groups in total. The summed E-state index contributed by atoms with van der Waals surface area (Å²) in [6.07, 6.45) is 1.13. The zero-order valence-corrected chi connectivity index (χ0v) is 12.9. The number of nitrogens with two attached hydrogens (primary N) is 1. The van der Waals surface area contributed by atoms with Gasteiger partial charge >= 0.3 is 0 Å². The van der Waals surface area contributed by atoms with Gasteiger partial charge in [0.2, 0.25) is 10.0 Å². The van der Waals surface area contributed by atoms with Crippen LogP contribution in [0.5, 0.6) is 0 Å². The third-order valence-electron chi connectivity index (χ3n) is 3.79. The van der Waals surface area contributed by atoms with E-state index in [0.29, 0.717) is 10.8 Å². The van der Waals surface area contributed by atoms with Gasteiger partial charge in [-0.25, -0.2) is 12.7 Å². The van der Waals surface area contributed by atoms with Gasteiger partial charge in [-0.15, -0.1) is 0 Å². The molecule has 0 bridgehead atoms. The number of rotatable bonds is 5. The molecule has 0 saturated carbocycles. The van der Waals surface area contributed by atoms with Crippen molar-refractivity contribution in [3.8, 4) is 0 Å². The highest BCUT2D eigenvalue weighted by atomic mass is 32.2. The van der Waals surface area contributed by atoms with Crippen LogP contribution in [-0.4, -0.2) is 51.4 Å². The number of nitrogens with zero attached hydrogens (tertiary/aromatic N) is 2. The van der Waals surface area contributed by atoms with Crippen molar-refractivity contribution in [2.45, 2.75) is 17.9 Å². The third-order valence-corrected chi connectivity index (χ3v) is 5.60. The van der Waals surface area contributed by atoms with Crippen LogP contribution in [-0.2, 0) is 16.6 Å². The van der Waals surface area contributed by atoms with E-state index in [1.165, 1.54) is 4.31 Å². The van der Waals surface area contributed by atoms with E-state index in [1.54, 1.807) is 26.2 Å². The monoisotopic (exact) mass is 297 g/mol. The fraction of sp³-hybridized carbons (Fsp3) is 0.571. The van der Waals surface area contributed by atoms with Crippen molar-refractivity contribution in [2.75, 3.05) is 33.7 Å². The minimum absolute atomic E-state index is 0.356. The Kier molecular flexibility index (Phi) is 4.80. The minimum atomic E-state index is -3.35. The summed E-state index contributed by atoms with van der Waals surface area (Å²) in [6.45, 7) is 3.55. The van der Waals surface area contributed by atoms with Crippen molar-refractivity contribution in [3.05, 3.63) is 29.8 Å². The molecule has 1 saturated heterocycles. The summed E-state index contributed by atoms with van der Waals surface area (Å²) < 4.78 is 25.5. The minimum Gasteiger partial charge on any atom is -0.330 e. The summed E-state index contributed by atoms with van der Waals surface area (Å²) in [5.41, 5.74) is 6.73. The van der Waals surface area contributed by atoms with Crippen LogP contribution in [0, 0.1) is 5.92 Å². The van der Waals surface area contributed by atoms with E-state index in [0.717, 1.165) is 38.2 Å². The van der Waals surface area contributed by atoms with E-state index < -0.39 is 10.0 Å². The Morgan fingerprint density at radius 1 is 1.40 bits per heavy atom. The second-order valence-electron chi connectivity index (χ2n) is 5.56. The third kappa shape index (κ3) is 3.38. The van der Waals surface area contributed by atoms with Gasteiger partial charge in [0.1, 0.15) is 0 Å². The lowest BCUT2D eigenvalue weighted by atomic mass is 10.1. The predicted octanol–water partition coefficient (Wildman–Crippen LogP) is 0.718. The molecule has 1 aliphatic heterocycles. The molecule has 1 aromatic rings. The average molecular weight is 297 g/mol. The maximum atomic E-state index is 12.1. The largest absolute Gasteiger partial charge is 0.330 e. The standard InChI is InChI=1S/C14H23N3O2S/c1-16(2)20(18,19)14-5-3-4-12(8-14)10-17-7-6-13(9-15)11-17/h3-5,8,13H,6-7,9-11,15H2,1-2H3. The predicted molar refractivity (Wildman–Crippen MR) is 79.8 cm³/mol. The number of hydrogen-bond acceptors (Lipinski definition) is 4. The van der Waals surface area contributed by atoms with E-state index in [4.69, 9.17) is 5.73 Å². The van der Waals surface area contributed by atoms with Gasteiger partial charge in [-0.1, -0.05) is 12.1 Å². The molecule has 20 heavy (non-hydrogen) atoms. The molecule has 1 aromatic carbocycles. The van der Waals surface area contributed by atoms with Crippen molar-refractivity contribution in [1.29, 1.82) is 0 Å². The van der Waals surface area contributed by atoms with Crippen LogP contribution >= 0.6 is 0 Å². The van der Waals surface area contributed by atoms with Gasteiger partial charge in [-0.2, -0.15) is 0 Å². The zero-order valence-electron chi connectivity index (χ0n) is 12.1. The Balaban J connectivity index is 2.11. The van der Waals surface area contributed by atoms with Crippen molar-refractivity contribution in [1.82, 2.24) is 9.21 Å². The SMILES string of the molecule is CN(C)S(=O)(=O)c1cccc(CN2CCC(CN)C2)c1. The van der Waals surface area contributed by atoms with Crippen LogP contribution in [0.25, 0.3) is 0 Å². The Hall–Kier alpha value is -0.950. The van der Waals surface area contributed by atoms with Crippen LogP contribution in [0.1, 0.15) is 12.0 Å². The molecule has 2 rings (SSSR count). The van der Waals surface area contributed by atoms with Crippen molar-refractivity contribution < 1.29 is 8.42 Å². The summed E-state index contributed by atoms with van der Waals surface area (Å²) in [6, 6.07) is 7.20. The topological polar surface area (TPSA) is 66.6 Å². The molecule has 0 amide bonds. The lowest BCUT2D eigenvalue weighted by Gasteiger charge is -2.17. The van der Waals surface area contributed by atoms with Crippen LogP contribution in [0.4, 0.5) is 0 Å². The first-order valence-corrected chi connectivity index (χ1v) is 8.31. The van der Waals surface area contributed by atoms with Crippen molar-refractivity contribution in [2.24, 2.45) is 11.7 Å². The highest BCUT2D eigenvalue weighted by Gasteiger charge is 2.22. The van der Waals surface area contributed by atoms with E-state index >= 15 is 0 Å². The molecule has 0 aromatic heterocycles. The van der Waals surface area contributed by atoms with Gasteiger partial charge < -0.3 is 5.73 Å². The molecule has 6 heteroatoms. The summed E-state index contributed by atoms with van der Waals surface area (Å²) in [5.74, 6) is 0.573. The van der Waals surface area contributed by atoms with Crippen LogP contribution < -0.4 is 5.73 Å². The first-order valence-electron chi connectivity index (χ1n) is 6.87. The normalized spacial score (nSPS) is 20.7. The molecule has 1 heterocycles. The van der Waals surface area contributed by atoms with Crippen LogP contribution in [0.2, 0.25) is 0 Å². The van der Waals surface area contributed by atoms with Gasteiger partial charge in [0.05, 0.1) is 4.90 Å². The molecule has 1 aliphatic rings. The summed E-state index contributed by atoms with van der Waals surface area (Å²) >= 11 is 0. The van der Waals surface area contributed by atoms with Gasteiger partial charge in [-0.05, 0) is 43.1 Å². The summed E-state index contributed by atoms with van der Waals surface area (Å²) in [7, 11) is -0.254. The molecule has 1 fully saturated rings. The molecule has 1 unspecified atom stereocenters. The van der Waals surface area contributed by atoms with E-state index in [-0.39, 0.29) is 0 Å². The molecule has 1 atom stereocenters. The quantitative estimate of drug-likeness (QED) is 0.869. The number of sulfonamides is 1. The van der Waals surface area contributed by atoms with Gasteiger partial charge in [0.15, 0.2) is 0 Å². The average Bonchev–Trinajstić information content (AvgIpc) is 2.86. The van der Waals surface area contributed by atoms with E-state index in [1.807, 2.05) is 12.1 Å². The lowest BCUT2D eigenvalue weighted by molar-refractivity contribution is 0.317. The second kappa shape index (κ2) is 6.22. The lowest BCUT2D eigenvalue weighted by Crippen LogP contribution is -2.24. The maximum absolute atomic E-state index is 12.1. The molecule has 5 nitrogen and oxygen atoms in total. The van der Waals surface area contributed by atoms with Gasteiger partial charge in [-0.3, -0.25) is 4.90 Å². The first kappa shape index (κ1) is 15.4. The Morgan fingerprint density at radius 3 is 2.75 bits per heavy atom. The molecule has 112 valence electrons. The molecule has 0 spiro atoms. The number of likely N-dealkylation sites (tertiary alicyclic amines) is 1. The first-order chi connectivity index (χ1) is 9.43. The fourth-order valence-electron chi connectivity index (χ4n) is 2.52. The number of benzene rings is 1. The van der Waals surface area contributed by atoms with E-state index in [2.05, 4.69) is 4.90 Å². The molecular weight excluding hydrogens is 274 g/mol. The van der Waals surface area contributed by atoms with Gasteiger partial charge in [0.25, 0.3) is 0 Å². The summed E-state index contributed by atoms with van der Waals surface area (Å²) in [4.78, 5) is 2.69. The maximum Gasteiger partial charge on any atom is 0.242 e. The van der Waals surface area contributed by atoms with E-state index in [9.17, 15) is 8.42 Å². The molecular formula is C14H23N3O2S. The molecule has 0 aliphatic carbocycles. The van der Waals surface area contributed by atoms with Gasteiger partial charge in [0, 0.05) is 27.2 Å². The fourth-order valence-corrected chi connectivity index (χ4v) is 3.49. The Morgan fingerprint density at radius 2 is 2.15 bits per heavy atom.